The van der Waals surface area contributed by atoms with Crippen LogP contribution in [0.25, 0.3) is 0 Å². The van der Waals surface area contributed by atoms with E-state index in [-0.39, 0.29) is 58.2 Å². The van der Waals surface area contributed by atoms with E-state index >= 15 is 0 Å². The Kier molecular flexibility index (Phi) is 7.53. The molecule has 4 saturated carbocycles. The van der Waals surface area contributed by atoms with Gasteiger partial charge in [0.15, 0.2) is 0 Å². The first-order valence-electron chi connectivity index (χ1n) is 15.3. The number of hydrogen-bond acceptors (Lipinski definition) is 7. The summed E-state index contributed by atoms with van der Waals surface area (Å²) >= 11 is 0. The molecule has 7 nitrogen and oxygen atoms in total. The third-order valence-corrected chi connectivity index (χ3v) is 11.2. The molecule has 0 amide bonds. The van der Waals surface area contributed by atoms with Gasteiger partial charge in [0.25, 0.3) is 0 Å². The summed E-state index contributed by atoms with van der Waals surface area (Å²) in [5, 5.41) is 0. The number of ether oxygens (including phenoxy) is 3. The zero-order valence-electron chi connectivity index (χ0n) is 24.5. The van der Waals surface area contributed by atoms with E-state index in [0.717, 1.165) is 56.9 Å². The maximum Gasteiger partial charge on any atom is 0.335 e. The SMILES string of the molecule is CC.CCCC(=O)OC1CCC2(C)C(CCC3C2CCC2(C)C(c4ccc(=O)oc4)C(OC(C)=O)C4O[C@]342)C1. The zero-order chi connectivity index (χ0) is 28.2. The predicted octanol–water partition coefficient (Wildman–Crippen LogP) is 6.18. The highest BCUT2D eigenvalue weighted by atomic mass is 16.7. The molecular weight excluding hydrogens is 496 g/mol. The van der Waals surface area contributed by atoms with E-state index in [1.54, 1.807) is 6.26 Å². The Morgan fingerprint density at radius 1 is 1.03 bits per heavy atom. The summed E-state index contributed by atoms with van der Waals surface area (Å²) in [7, 11) is 0. The van der Waals surface area contributed by atoms with E-state index in [0.29, 0.717) is 24.2 Å². The first kappa shape index (κ1) is 28.4. The largest absolute Gasteiger partial charge is 0.462 e. The van der Waals surface area contributed by atoms with Gasteiger partial charge in [0.2, 0.25) is 0 Å². The van der Waals surface area contributed by atoms with Crippen LogP contribution in [0.5, 0.6) is 0 Å². The molecule has 1 aromatic heterocycles. The van der Waals surface area contributed by atoms with Crippen molar-refractivity contribution in [1.82, 2.24) is 0 Å². The van der Waals surface area contributed by atoms with Crippen LogP contribution in [0.2, 0.25) is 0 Å². The van der Waals surface area contributed by atoms with Crippen molar-refractivity contribution in [3.05, 3.63) is 34.4 Å². The molecule has 5 fully saturated rings. The molecule has 7 heteroatoms. The first-order valence-corrected chi connectivity index (χ1v) is 15.3. The normalized spacial score (nSPS) is 43.4. The van der Waals surface area contributed by atoms with E-state index in [4.69, 9.17) is 18.6 Å². The highest BCUT2D eigenvalue weighted by Crippen LogP contribution is 2.78. The number of rotatable bonds is 5. The van der Waals surface area contributed by atoms with Crippen LogP contribution in [0.3, 0.4) is 0 Å². The number of esters is 2. The van der Waals surface area contributed by atoms with Crippen molar-refractivity contribution >= 4 is 11.9 Å². The molecule has 216 valence electrons. The van der Waals surface area contributed by atoms with E-state index in [2.05, 4.69) is 13.8 Å². The molecule has 0 bridgehead atoms. The topological polar surface area (TPSA) is 95.3 Å². The van der Waals surface area contributed by atoms with Crippen molar-refractivity contribution in [2.24, 2.45) is 28.6 Å². The molecule has 0 aromatic carbocycles. The number of fused-ring (bicyclic) bond motifs is 3. The summed E-state index contributed by atoms with van der Waals surface area (Å²) in [6, 6.07) is 3.30. The van der Waals surface area contributed by atoms with Gasteiger partial charge in [0.1, 0.15) is 23.9 Å². The van der Waals surface area contributed by atoms with Gasteiger partial charge in [-0.15, -0.1) is 0 Å². The van der Waals surface area contributed by atoms with Gasteiger partial charge in [-0.05, 0) is 86.2 Å². The van der Waals surface area contributed by atoms with Crippen LogP contribution >= 0.6 is 0 Å². The maximum absolute atomic E-state index is 12.2. The minimum atomic E-state index is -0.381. The fourth-order valence-corrected chi connectivity index (χ4v) is 9.64. The molecule has 2 heterocycles. The lowest BCUT2D eigenvalue weighted by atomic mass is 9.44. The highest BCUT2D eigenvalue weighted by Gasteiger charge is 2.84. The quantitative estimate of drug-likeness (QED) is 0.324. The van der Waals surface area contributed by atoms with E-state index in [1.165, 1.54) is 13.0 Å². The van der Waals surface area contributed by atoms with Crippen molar-refractivity contribution in [2.75, 3.05) is 0 Å². The Labute approximate surface area is 232 Å². The van der Waals surface area contributed by atoms with Crippen LogP contribution in [0.15, 0.2) is 27.6 Å². The van der Waals surface area contributed by atoms with Crippen molar-refractivity contribution < 1.29 is 28.2 Å². The summed E-state index contributed by atoms with van der Waals surface area (Å²) in [6.45, 7) is 12.2. The molecule has 9 unspecified atom stereocenters. The summed E-state index contributed by atoms with van der Waals surface area (Å²) < 4.78 is 23.8. The second kappa shape index (κ2) is 10.4. The van der Waals surface area contributed by atoms with Crippen LogP contribution < -0.4 is 5.63 Å². The molecule has 1 spiro atoms. The van der Waals surface area contributed by atoms with Crippen molar-refractivity contribution in [3.63, 3.8) is 0 Å². The predicted molar refractivity (Wildman–Crippen MR) is 146 cm³/mol. The molecule has 0 N–H and O–H groups in total. The lowest BCUT2D eigenvalue weighted by Crippen LogP contribution is -2.58. The van der Waals surface area contributed by atoms with Crippen LogP contribution in [0.1, 0.15) is 111 Å². The van der Waals surface area contributed by atoms with Gasteiger partial charge in [0.05, 0.1) is 6.26 Å². The van der Waals surface area contributed by atoms with E-state index in [1.807, 2.05) is 26.8 Å². The van der Waals surface area contributed by atoms with Crippen LogP contribution in [-0.2, 0) is 23.8 Å². The third-order valence-electron chi connectivity index (χ3n) is 11.2. The first-order chi connectivity index (χ1) is 18.6. The molecular formula is C32H46O7. The number of hydrogen-bond donors (Lipinski definition) is 0. The van der Waals surface area contributed by atoms with Gasteiger partial charge in [-0.2, -0.15) is 0 Å². The Hall–Kier alpha value is -2.15. The number of carbonyl (C=O) groups is 2. The van der Waals surface area contributed by atoms with Gasteiger partial charge in [0, 0.05) is 30.7 Å². The Bertz CT molecular complexity index is 1120. The van der Waals surface area contributed by atoms with Crippen LogP contribution in [0.4, 0.5) is 0 Å². The third kappa shape index (κ3) is 4.29. The molecule has 5 aliphatic rings. The molecule has 39 heavy (non-hydrogen) atoms. The minimum Gasteiger partial charge on any atom is -0.462 e. The van der Waals surface area contributed by atoms with E-state index < -0.39 is 0 Å². The lowest BCUT2D eigenvalue weighted by molar-refractivity contribution is -0.168. The van der Waals surface area contributed by atoms with Crippen molar-refractivity contribution in [2.45, 2.75) is 129 Å². The van der Waals surface area contributed by atoms with Crippen LogP contribution in [-0.4, -0.2) is 35.9 Å². The Morgan fingerprint density at radius 2 is 1.79 bits per heavy atom. The number of carbonyl (C=O) groups excluding carboxylic acids is 2. The summed E-state index contributed by atoms with van der Waals surface area (Å²) in [4.78, 5) is 36.0. The fourth-order valence-electron chi connectivity index (χ4n) is 9.64. The fraction of sp³-hybridized carbons (Fsp3) is 0.781. The van der Waals surface area contributed by atoms with E-state index in [9.17, 15) is 14.4 Å². The molecule has 1 aromatic rings. The van der Waals surface area contributed by atoms with Crippen molar-refractivity contribution in [1.29, 1.82) is 0 Å². The molecule has 10 atom stereocenters. The second-order valence-corrected chi connectivity index (χ2v) is 12.9. The standard InChI is InChI=1S/C30H40O7.C2H6/c1-5-6-24(33)36-20-11-13-28(3)19(15-20)8-9-22-21(28)12-14-29(4)25(18-7-10-23(32)34-16-18)26(35-17(2)31)27-30(22,29)37-27;1-2/h7,10,16,19-22,25-27H,5-6,8-9,11-15H2,1-4H3;1-2H3/t19?,20?,21?,22?,25?,26?,27?,28?,29?,30-;/m1./s1. The van der Waals surface area contributed by atoms with Gasteiger partial charge >= 0.3 is 17.6 Å². The van der Waals surface area contributed by atoms with Crippen molar-refractivity contribution in [3.8, 4) is 0 Å². The Balaban J connectivity index is 0.00000151. The molecule has 0 radical (unpaired) electrons. The molecule has 4 aliphatic carbocycles. The lowest BCUT2D eigenvalue weighted by Gasteiger charge is -2.61. The minimum absolute atomic E-state index is 0.0440. The van der Waals surface area contributed by atoms with Gasteiger partial charge in [-0.3, -0.25) is 9.59 Å². The smallest absolute Gasteiger partial charge is 0.335 e. The summed E-state index contributed by atoms with van der Waals surface area (Å²) in [5.41, 5.74) is 0.191. The monoisotopic (exact) mass is 542 g/mol. The van der Waals surface area contributed by atoms with Gasteiger partial charge < -0.3 is 18.6 Å². The molecule has 6 rings (SSSR count). The molecule has 1 saturated heterocycles. The second-order valence-electron chi connectivity index (χ2n) is 12.9. The number of epoxide rings is 1. The van der Waals surface area contributed by atoms with Gasteiger partial charge in [-0.1, -0.05) is 34.6 Å². The highest BCUT2D eigenvalue weighted by molar-refractivity contribution is 5.69. The van der Waals surface area contributed by atoms with Crippen LogP contribution in [0, 0.1) is 28.6 Å². The summed E-state index contributed by atoms with van der Waals surface area (Å²) in [6.07, 6.45) is 9.64. The molecule has 1 aliphatic heterocycles. The Morgan fingerprint density at radius 3 is 2.46 bits per heavy atom. The summed E-state index contributed by atoms with van der Waals surface area (Å²) in [5.74, 6) is 1.04. The van der Waals surface area contributed by atoms with Gasteiger partial charge in [-0.25, -0.2) is 4.79 Å². The zero-order valence-corrected chi connectivity index (χ0v) is 24.5. The maximum atomic E-state index is 12.2. The average molecular weight is 543 g/mol. The average Bonchev–Trinajstić information content (AvgIpc) is 3.61.